The maximum Gasteiger partial charge on any atom is 0.131 e. The third-order valence-corrected chi connectivity index (χ3v) is 4.96. The highest BCUT2D eigenvalue weighted by Crippen LogP contribution is 2.27. The largest absolute Gasteiger partial charge is 0.507 e. The number of aryl methyl sites for hydroxylation is 2. The van der Waals surface area contributed by atoms with E-state index >= 15 is 0 Å². The molecule has 23 heavy (non-hydrogen) atoms. The van der Waals surface area contributed by atoms with E-state index in [0.29, 0.717) is 5.75 Å². The van der Waals surface area contributed by atoms with Crippen LogP contribution >= 0.6 is 22.6 Å². The van der Waals surface area contributed by atoms with Crippen LogP contribution in [0.4, 0.5) is 0 Å². The Balaban J connectivity index is 2.04. The summed E-state index contributed by atoms with van der Waals surface area (Å²) >= 11 is 2.19. The zero-order valence-corrected chi connectivity index (χ0v) is 15.7. The quantitative estimate of drug-likeness (QED) is 0.587. The number of nitrogens with zero attached hydrogens (tertiary/aromatic N) is 2. The van der Waals surface area contributed by atoms with Gasteiger partial charge in [-0.05, 0) is 65.3 Å². The second kappa shape index (κ2) is 6.91. The number of hydrogen-bond donors (Lipinski definition) is 1. The minimum atomic E-state index is 0.385. The molecule has 0 radical (unpaired) electrons. The Hall–Kier alpha value is -1.56. The number of imidazole rings is 1. The molecule has 2 aromatic carbocycles. The summed E-state index contributed by atoms with van der Waals surface area (Å²) in [5.41, 5.74) is 4.36. The molecule has 3 rings (SSSR count). The van der Waals surface area contributed by atoms with Crippen molar-refractivity contribution in [3.63, 3.8) is 0 Å². The van der Waals surface area contributed by atoms with Gasteiger partial charge in [0.15, 0.2) is 0 Å². The fraction of sp³-hybridized carbons (Fsp3) is 0.316. The lowest BCUT2D eigenvalue weighted by atomic mass is 10.1. The number of phenols is 1. The van der Waals surface area contributed by atoms with Crippen LogP contribution in [0, 0.1) is 10.5 Å². The Labute approximate surface area is 150 Å². The van der Waals surface area contributed by atoms with Crippen LogP contribution in [-0.4, -0.2) is 14.7 Å². The van der Waals surface area contributed by atoms with E-state index in [2.05, 4.69) is 64.4 Å². The van der Waals surface area contributed by atoms with Crippen molar-refractivity contribution in [3.05, 3.63) is 56.9 Å². The molecule has 0 atom stereocenters. The zero-order chi connectivity index (χ0) is 16.4. The highest BCUT2D eigenvalue weighted by molar-refractivity contribution is 14.1. The van der Waals surface area contributed by atoms with E-state index in [4.69, 9.17) is 4.98 Å². The minimum absolute atomic E-state index is 0.385. The van der Waals surface area contributed by atoms with Gasteiger partial charge in [-0.25, -0.2) is 4.98 Å². The fourth-order valence-corrected chi connectivity index (χ4v) is 3.73. The number of rotatable bonds is 5. The lowest BCUT2D eigenvalue weighted by Crippen LogP contribution is -2.06. The van der Waals surface area contributed by atoms with E-state index < -0.39 is 0 Å². The van der Waals surface area contributed by atoms with Gasteiger partial charge in [-0.15, -0.1) is 0 Å². The topological polar surface area (TPSA) is 38.0 Å². The molecule has 1 heterocycles. The van der Waals surface area contributed by atoms with Crippen molar-refractivity contribution in [3.8, 4) is 5.75 Å². The van der Waals surface area contributed by atoms with E-state index in [9.17, 15) is 5.11 Å². The van der Waals surface area contributed by atoms with Gasteiger partial charge in [0.1, 0.15) is 11.6 Å². The SMILES string of the molecule is CCCCc1nc2ccccc2n1Cc1cc(C)c(O)c(I)c1. The van der Waals surface area contributed by atoms with Crippen LogP contribution in [0.25, 0.3) is 11.0 Å². The van der Waals surface area contributed by atoms with Crippen LogP contribution in [0.1, 0.15) is 36.7 Å². The van der Waals surface area contributed by atoms with E-state index in [1.807, 2.05) is 13.0 Å². The summed E-state index contributed by atoms with van der Waals surface area (Å²) in [6.45, 7) is 4.94. The molecule has 1 N–H and O–H groups in total. The molecule has 0 aliphatic carbocycles. The summed E-state index contributed by atoms with van der Waals surface area (Å²) in [7, 11) is 0. The van der Waals surface area contributed by atoms with Crippen molar-refractivity contribution in [1.82, 2.24) is 9.55 Å². The van der Waals surface area contributed by atoms with E-state index in [1.165, 1.54) is 17.5 Å². The molecule has 0 saturated carbocycles. The molecule has 0 bridgehead atoms. The predicted molar refractivity (Wildman–Crippen MR) is 103 cm³/mol. The Morgan fingerprint density at radius 3 is 2.74 bits per heavy atom. The molecule has 0 spiro atoms. The molecule has 4 heteroatoms. The number of aromatic hydroxyl groups is 1. The number of unbranched alkanes of at least 4 members (excludes halogenated alkanes) is 1. The summed E-state index contributed by atoms with van der Waals surface area (Å²) in [5.74, 6) is 1.53. The number of phenolic OH excluding ortho intramolecular Hbond substituents is 1. The Bertz CT molecular complexity index is 815. The van der Waals surface area contributed by atoms with Gasteiger partial charge in [0.25, 0.3) is 0 Å². The number of benzene rings is 2. The number of halogens is 1. The second-order valence-electron chi connectivity index (χ2n) is 5.95. The normalized spacial score (nSPS) is 11.3. The molecule has 0 unspecified atom stereocenters. The van der Waals surface area contributed by atoms with Gasteiger partial charge in [-0.1, -0.05) is 31.5 Å². The highest BCUT2D eigenvalue weighted by atomic mass is 127. The molecular formula is C19H21IN2O. The highest BCUT2D eigenvalue weighted by Gasteiger charge is 2.12. The van der Waals surface area contributed by atoms with Gasteiger partial charge < -0.3 is 9.67 Å². The van der Waals surface area contributed by atoms with Crippen LogP contribution < -0.4 is 0 Å². The third-order valence-electron chi connectivity index (χ3n) is 4.14. The van der Waals surface area contributed by atoms with Crippen molar-refractivity contribution < 1.29 is 5.11 Å². The number of para-hydroxylation sites is 2. The molecule has 0 aliphatic rings. The second-order valence-corrected chi connectivity index (χ2v) is 7.11. The number of hydrogen-bond acceptors (Lipinski definition) is 2. The minimum Gasteiger partial charge on any atom is -0.507 e. The Morgan fingerprint density at radius 1 is 1.22 bits per heavy atom. The summed E-state index contributed by atoms with van der Waals surface area (Å²) in [6, 6.07) is 12.4. The summed E-state index contributed by atoms with van der Waals surface area (Å²) in [6.07, 6.45) is 3.31. The predicted octanol–water partition coefficient (Wildman–Crippen LogP) is 5.05. The lowest BCUT2D eigenvalue weighted by Gasteiger charge is -2.11. The van der Waals surface area contributed by atoms with Crippen LogP contribution in [0.5, 0.6) is 5.75 Å². The van der Waals surface area contributed by atoms with Crippen LogP contribution in [0.3, 0.4) is 0 Å². The molecule has 0 fully saturated rings. The van der Waals surface area contributed by atoms with Gasteiger partial charge in [-0.2, -0.15) is 0 Å². The maximum absolute atomic E-state index is 9.97. The van der Waals surface area contributed by atoms with Crippen LogP contribution in [-0.2, 0) is 13.0 Å². The van der Waals surface area contributed by atoms with E-state index in [1.54, 1.807) is 0 Å². The average molecular weight is 420 g/mol. The molecule has 0 saturated heterocycles. The summed E-state index contributed by atoms with van der Waals surface area (Å²) in [5, 5.41) is 9.97. The average Bonchev–Trinajstić information content (AvgIpc) is 2.88. The van der Waals surface area contributed by atoms with Crippen molar-refractivity contribution >= 4 is 33.6 Å². The van der Waals surface area contributed by atoms with Crippen molar-refractivity contribution in [1.29, 1.82) is 0 Å². The first kappa shape index (κ1) is 16.3. The molecule has 0 aliphatic heterocycles. The number of aromatic nitrogens is 2. The van der Waals surface area contributed by atoms with Crippen LogP contribution in [0.15, 0.2) is 36.4 Å². The van der Waals surface area contributed by atoms with Crippen molar-refractivity contribution in [2.45, 2.75) is 39.7 Å². The maximum atomic E-state index is 9.97. The monoisotopic (exact) mass is 420 g/mol. The zero-order valence-electron chi connectivity index (χ0n) is 13.5. The standard InChI is InChI=1S/C19H21IN2O/c1-3-4-9-18-21-16-7-5-6-8-17(16)22(18)12-14-10-13(2)19(23)15(20)11-14/h5-8,10-11,23H,3-4,9,12H2,1-2H3. The molecule has 3 nitrogen and oxygen atoms in total. The fourth-order valence-electron chi connectivity index (χ4n) is 2.91. The number of fused-ring (bicyclic) bond motifs is 1. The molecule has 3 aromatic rings. The van der Waals surface area contributed by atoms with E-state index in [-0.39, 0.29) is 0 Å². The van der Waals surface area contributed by atoms with Gasteiger partial charge in [0.05, 0.1) is 14.6 Å². The third kappa shape index (κ3) is 3.37. The first-order valence-corrected chi connectivity index (χ1v) is 9.10. The van der Waals surface area contributed by atoms with Crippen molar-refractivity contribution in [2.75, 3.05) is 0 Å². The Morgan fingerprint density at radius 2 is 2.00 bits per heavy atom. The summed E-state index contributed by atoms with van der Waals surface area (Å²) < 4.78 is 3.21. The van der Waals surface area contributed by atoms with Crippen molar-refractivity contribution in [2.24, 2.45) is 0 Å². The first-order valence-electron chi connectivity index (χ1n) is 8.02. The van der Waals surface area contributed by atoms with Gasteiger partial charge >= 0.3 is 0 Å². The lowest BCUT2D eigenvalue weighted by molar-refractivity contribution is 0.467. The van der Waals surface area contributed by atoms with Gasteiger partial charge in [0, 0.05) is 13.0 Å². The molecule has 120 valence electrons. The van der Waals surface area contributed by atoms with E-state index in [0.717, 1.165) is 39.9 Å². The molecular weight excluding hydrogens is 399 g/mol. The van der Waals surface area contributed by atoms with Gasteiger partial charge in [0.2, 0.25) is 0 Å². The molecule has 0 amide bonds. The first-order chi connectivity index (χ1) is 11.1. The van der Waals surface area contributed by atoms with Crippen LogP contribution in [0.2, 0.25) is 0 Å². The Kier molecular flexibility index (Phi) is 4.90. The molecule has 1 aromatic heterocycles. The summed E-state index contributed by atoms with van der Waals surface area (Å²) in [4.78, 5) is 4.82. The van der Waals surface area contributed by atoms with Gasteiger partial charge in [-0.3, -0.25) is 0 Å². The smallest absolute Gasteiger partial charge is 0.131 e.